The Balaban J connectivity index is 1.84. The Morgan fingerprint density at radius 1 is 1.47 bits per heavy atom. The zero-order valence-corrected chi connectivity index (χ0v) is 10.5. The number of aromatic nitrogens is 1. The summed E-state index contributed by atoms with van der Waals surface area (Å²) < 4.78 is 0. The van der Waals surface area contributed by atoms with Crippen molar-refractivity contribution in [3.05, 3.63) is 30.1 Å². The van der Waals surface area contributed by atoms with Gasteiger partial charge in [0.25, 0.3) is 0 Å². The Labute approximate surface area is 103 Å². The number of piperazine rings is 1. The third kappa shape index (κ3) is 3.77. The molecule has 1 aromatic rings. The predicted octanol–water partition coefficient (Wildman–Crippen LogP) is 0.637. The molecule has 0 amide bonds. The molecule has 0 aromatic carbocycles. The monoisotopic (exact) mass is 234 g/mol. The molecular weight excluding hydrogens is 212 g/mol. The molecule has 0 spiro atoms. The Morgan fingerprint density at radius 2 is 2.29 bits per heavy atom. The van der Waals surface area contributed by atoms with Crippen molar-refractivity contribution in [2.75, 3.05) is 39.8 Å². The zero-order valence-electron chi connectivity index (χ0n) is 10.5. The van der Waals surface area contributed by atoms with Gasteiger partial charge < -0.3 is 15.5 Å². The summed E-state index contributed by atoms with van der Waals surface area (Å²) in [7, 11) is 2.01. The minimum Gasteiger partial charge on any atom is -0.320 e. The van der Waals surface area contributed by atoms with Crippen molar-refractivity contribution in [3.8, 4) is 0 Å². The van der Waals surface area contributed by atoms with E-state index in [1.54, 1.807) is 0 Å². The fourth-order valence-electron chi connectivity index (χ4n) is 2.31. The van der Waals surface area contributed by atoms with Crippen LogP contribution in [0.5, 0.6) is 0 Å². The van der Waals surface area contributed by atoms with Gasteiger partial charge in [-0.2, -0.15) is 0 Å². The van der Waals surface area contributed by atoms with E-state index in [4.69, 9.17) is 0 Å². The molecule has 2 rings (SSSR count). The first-order valence-electron chi connectivity index (χ1n) is 6.40. The highest BCUT2D eigenvalue weighted by atomic mass is 15.2. The minimum absolute atomic E-state index is 0.460. The molecule has 1 aliphatic heterocycles. The Kier molecular flexibility index (Phi) is 4.91. The van der Waals surface area contributed by atoms with Crippen molar-refractivity contribution >= 4 is 0 Å². The molecule has 4 nitrogen and oxygen atoms in total. The van der Waals surface area contributed by atoms with Gasteiger partial charge in [-0.3, -0.25) is 4.98 Å². The smallest absolute Gasteiger partial charge is 0.0450 e. The fraction of sp³-hybridized carbons (Fsp3) is 0.615. The lowest BCUT2D eigenvalue weighted by molar-refractivity contribution is 0.199. The van der Waals surface area contributed by atoms with Crippen LogP contribution in [0, 0.1) is 0 Å². The molecule has 0 aliphatic carbocycles. The Hall–Kier alpha value is -0.970. The van der Waals surface area contributed by atoms with Crippen LogP contribution in [0.3, 0.4) is 0 Å². The van der Waals surface area contributed by atoms with Crippen LogP contribution < -0.4 is 10.6 Å². The third-order valence-electron chi connectivity index (χ3n) is 3.27. The summed E-state index contributed by atoms with van der Waals surface area (Å²) >= 11 is 0. The lowest BCUT2D eigenvalue weighted by Crippen LogP contribution is -2.46. The van der Waals surface area contributed by atoms with Gasteiger partial charge in [0.15, 0.2) is 0 Å². The summed E-state index contributed by atoms with van der Waals surface area (Å²) in [4.78, 5) is 6.61. The number of nitrogens with zero attached hydrogens (tertiary/aromatic N) is 2. The van der Waals surface area contributed by atoms with Gasteiger partial charge in [-0.15, -0.1) is 0 Å². The fourth-order valence-corrected chi connectivity index (χ4v) is 2.31. The maximum atomic E-state index is 4.07. The number of hydrogen-bond acceptors (Lipinski definition) is 4. The van der Waals surface area contributed by atoms with Crippen molar-refractivity contribution in [1.82, 2.24) is 20.5 Å². The lowest BCUT2D eigenvalue weighted by Gasteiger charge is -2.33. The Bertz CT molecular complexity index is 314. The van der Waals surface area contributed by atoms with Crippen LogP contribution in [0.1, 0.15) is 18.0 Å². The summed E-state index contributed by atoms with van der Waals surface area (Å²) in [6, 6.07) is 4.67. The van der Waals surface area contributed by atoms with E-state index in [-0.39, 0.29) is 0 Å². The van der Waals surface area contributed by atoms with Crippen LogP contribution >= 0.6 is 0 Å². The van der Waals surface area contributed by atoms with E-state index >= 15 is 0 Å². The van der Waals surface area contributed by atoms with Crippen LogP contribution in [0.4, 0.5) is 0 Å². The van der Waals surface area contributed by atoms with Gasteiger partial charge in [-0.1, -0.05) is 0 Å². The van der Waals surface area contributed by atoms with E-state index in [1.807, 2.05) is 19.4 Å². The van der Waals surface area contributed by atoms with Crippen molar-refractivity contribution in [3.63, 3.8) is 0 Å². The molecule has 2 N–H and O–H groups in total. The highest BCUT2D eigenvalue weighted by molar-refractivity contribution is 5.16. The van der Waals surface area contributed by atoms with Gasteiger partial charge in [-0.25, -0.2) is 0 Å². The average molecular weight is 234 g/mol. The van der Waals surface area contributed by atoms with Crippen LogP contribution in [-0.2, 0) is 0 Å². The second-order valence-corrected chi connectivity index (χ2v) is 4.54. The minimum atomic E-state index is 0.460. The van der Waals surface area contributed by atoms with Crippen molar-refractivity contribution in [2.24, 2.45) is 0 Å². The first-order valence-corrected chi connectivity index (χ1v) is 6.40. The molecule has 94 valence electrons. The van der Waals surface area contributed by atoms with Crippen molar-refractivity contribution in [1.29, 1.82) is 0 Å². The van der Waals surface area contributed by atoms with E-state index in [0.29, 0.717) is 6.04 Å². The highest BCUT2D eigenvalue weighted by Gasteiger charge is 2.19. The summed E-state index contributed by atoms with van der Waals surface area (Å²) in [5.74, 6) is 0. The molecule has 1 saturated heterocycles. The molecule has 1 fully saturated rings. The van der Waals surface area contributed by atoms with Gasteiger partial charge >= 0.3 is 0 Å². The highest BCUT2D eigenvalue weighted by Crippen LogP contribution is 2.16. The molecule has 17 heavy (non-hydrogen) atoms. The summed E-state index contributed by atoms with van der Waals surface area (Å²) in [5.41, 5.74) is 1.35. The van der Waals surface area contributed by atoms with Gasteiger partial charge in [0.1, 0.15) is 0 Å². The average Bonchev–Trinajstić information content (AvgIpc) is 2.41. The maximum Gasteiger partial charge on any atom is 0.0450 e. The molecule has 1 atom stereocenters. The third-order valence-corrected chi connectivity index (χ3v) is 3.27. The van der Waals surface area contributed by atoms with E-state index in [9.17, 15) is 0 Å². The molecule has 0 radical (unpaired) electrons. The predicted molar refractivity (Wildman–Crippen MR) is 70.0 cm³/mol. The van der Waals surface area contributed by atoms with Crippen LogP contribution in [-0.4, -0.2) is 49.7 Å². The lowest BCUT2D eigenvalue weighted by atomic mass is 10.1. The molecule has 1 aromatic heterocycles. The summed E-state index contributed by atoms with van der Waals surface area (Å²) in [6.45, 7) is 5.62. The summed E-state index contributed by atoms with van der Waals surface area (Å²) in [6.07, 6.45) is 4.97. The van der Waals surface area contributed by atoms with Crippen molar-refractivity contribution in [2.45, 2.75) is 12.5 Å². The second kappa shape index (κ2) is 6.69. The molecule has 2 heterocycles. The summed E-state index contributed by atoms with van der Waals surface area (Å²) in [5, 5.41) is 6.77. The van der Waals surface area contributed by atoms with E-state index in [2.05, 4.69) is 32.7 Å². The molecule has 0 bridgehead atoms. The van der Waals surface area contributed by atoms with E-state index in [1.165, 1.54) is 18.5 Å². The molecular formula is C13H22N4. The number of nitrogens with one attached hydrogen (secondary N) is 2. The van der Waals surface area contributed by atoms with Gasteiger partial charge in [0.2, 0.25) is 0 Å². The molecule has 1 unspecified atom stereocenters. The van der Waals surface area contributed by atoms with Crippen LogP contribution in [0.25, 0.3) is 0 Å². The molecule has 1 aliphatic rings. The largest absolute Gasteiger partial charge is 0.320 e. The topological polar surface area (TPSA) is 40.2 Å². The van der Waals surface area contributed by atoms with E-state index in [0.717, 1.165) is 26.2 Å². The quantitative estimate of drug-likeness (QED) is 0.734. The first-order chi connectivity index (χ1) is 8.40. The second-order valence-electron chi connectivity index (χ2n) is 4.54. The Morgan fingerprint density at radius 3 is 3.06 bits per heavy atom. The van der Waals surface area contributed by atoms with Crippen LogP contribution in [0.2, 0.25) is 0 Å². The van der Waals surface area contributed by atoms with Gasteiger partial charge in [0, 0.05) is 38.1 Å². The first kappa shape index (κ1) is 12.5. The van der Waals surface area contributed by atoms with Gasteiger partial charge in [0.05, 0.1) is 0 Å². The normalized spacial score (nSPS) is 21.6. The van der Waals surface area contributed by atoms with Crippen molar-refractivity contribution < 1.29 is 0 Å². The van der Waals surface area contributed by atoms with Gasteiger partial charge in [-0.05, 0) is 44.3 Å². The maximum absolute atomic E-state index is 4.07. The molecule has 0 saturated carbocycles. The number of rotatable bonds is 5. The molecule has 4 heteroatoms. The SMILES string of the molecule is CNCCCN1CCNC(c2ccncc2)C1. The van der Waals surface area contributed by atoms with Crippen LogP contribution in [0.15, 0.2) is 24.5 Å². The van der Waals surface area contributed by atoms with E-state index < -0.39 is 0 Å². The number of hydrogen-bond donors (Lipinski definition) is 2. The number of pyridine rings is 1. The zero-order chi connectivity index (χ0) is 11.9. The standard InChI is InChI=1S/C13H22N4/c1-14-5-2-9-17-10-8-16-13(11-17)12-3-6-15-7-4-12/h3-4,6-7,13-14,16H,2,5,8-11H2,1H3.